The fourth-order valence-corrected chi connectivity index (χ4v) is 2.34. The fraction of sp³-hybridized carbons (Fsp3) is 0.133. The summed E-state index contributed by atoms with van der Waals surface area (Å²) in [6.45, 7) is 0.323. The Bertz CT molecular complexity index is 674. The maximum Gasteiger partial charge on any atom is 0.337 e. The van der Waals surface area contributed by atoms with Gasteiger partial charge in [-0.25, -0.2) is 4.79 Å². The van der Waals surface area contributed by atoms with Crippen LogP contribution in [0.2, 0.25) is 10.0 Å². The van der Waals surface area contributed by atoms with Crippen molar-refractivity contribution in [3.05, 3.63) is 57.6 Å². The lowest BCUT2D eigenvalue weighted by Crippen LogP contribution is -2.07. The van der Waals surface area contributed by atoms with Crippen LogP contribution in [0.15, 0.2) is 36.4 Å². The Hall–Kier alpha value is -1.91. The quantitative estimate of drug-likeness (QED) is 0.859. The maximum atomic E-state index is 11.2. The van der Waals surface area contributed by atoms with Crippen molar-refractivity contribution in [3.63, 3.8) is 0 Å². The van der Waals surface area contributed by atoms with E-state index in [-0.39, 0.29) is 5.56 Å². The molecule has 21 heavy (non-hydrogen) atoms. The summed E-state index contributed by atoms with van der Waals surface area (Å²) in [6.07, 6.45) is 0. The summed E-state index contributed by atoms with van der Waals surface area (Å²) in [5, 5.41) is 13.2. The first-order chi connectivity index (χ1) is 10.0. The molecule has 6 heteroatoms. The van der Waals surface area contributed by atoms with Gasteiger partial charge in [0.2, 0.25) is 0 Å². The Labute approximate surface area is 132 Å². The number of hydrogen-bond donors (Lipinski definition) is 2. The Morgan fingerprint density at radius 3 is 2.71 bits per heavy atom. The van der Waals surface area contributed by atoms with Gasteiger partial charge in [0.25, 0.3) is 0 Å². The van der Waals surface area contributed by atoms with Crippen LogP contribution in [0.25, 0.3) is 0 Å². The van der Waals surface area contributed by atoms with Gasteiger partial charge in [0, 0.05) is 22.2 Å². The molecule has 0 aliphatic heterocycles. The minimum absolute atomic E-state index is 0.144. The third-order valence-corrected chi connectivity index (χ3v) is 3.55. The van der Waals surface area contributed by atoms with Crippen LogP contribution in [0, 0.1) is 0 Å². The standard InChI is InChI=1S/C15H13Cl2NO3/c1-21-14-4-2-3-12(17)11(14)8-18-13-7-9(16)5-6-10(13)15(19)20/h2-7,18H,8H2,1H3,(H,19,20). The van der Waals surface area contributed by atoms with E-state index in [1.807, 2.05) is 0 Å². The zero-order valence-corrected chi connectivity index (χ0v) is 12.7. The van der Waals surface area contributed by atoms with Gasteiger partial charge < -0.3 is 15.2 Å². The zero-order chi connectivity index (χ0) is 15.4. The van der Waals surface area contributed by atoms with E-state index in [9.17, 15) is 9.90 Å². The van der Waals surface area contributed by atoms with Crippen molar-refractivity contribution in [2.75, 3.05) is 12.4 Å². The average Bonchev–Trinajstić information content (AvgIpc) is 2.45. The number of benzene rings is 2. The zero-order valence-electron chi connectivity index (χ0n) is 11.2. The molecule has 0 saturated carbocycles. The molecule has 2 aromatic rings. The summed E-state index contributed by atoms with van der Waals surface area (Å²) in [6, 6.07) is 9.88. The molecule has 2 N–H and O–H groups in total. The number of anilines is 1. The normalized spacial score (nSPS) is 10.2. The Balaban J connectivity index is 2.28. The second kappa shape index (κ2) is 6.70. The highest BCUT2D eigenvalue weighted by Gasteiger charge is 2.12. The first kappa shape index (κ1) is 15.5. The van der Waals surface area contributed by atoms with E-state index >= 15 is 0 Å². The van der Waals surface area contributed by atoms with Crippen molar-refractivity contribution in [1.29, 1.82) is 0 Å². The number of aromatic carboxylic acids is 1. The third-order valence-electron chi connectivity index (χ3n) is 2.96. The average molecular weight is 326 g/mol. The van der Waals surface area contributed by atoms with E-state index < -0.39 is 5.97 Å². The minimum atomic E-state index is -1.03. The number of rotatable bonds is 5. The number of carboxylic acid groups (broad SMARTS) is 1. The number of methoxy groups -OCH3 is 1. The molecule has 2 aromatic carbocycles. The summed E-state index contributed by atoms with van der Waals surface area (Å²) in [5.74, 6) is -0.394. The molecule has 2 rings (SSSR count). The Morgan fingerprint density at radius 1 is 1.29 bits per heavy atom. The number of hydrogen-bond acceptors (Lipinski definition) is 3. The second-order valence-corrected chi connectivity index (χ2v) is 5.11. The largest absolute Gasteiger partial charge is 0.496 e. The molecule has 0 amide bonds. The van der Waals surface area contributed by atoms with E-state index in [0.29, 0.717) is 28.0 Å². The molecule has 0 unspecified atom stereocenters. The van der Waals surface area contributed by atoms with Gasteiger partial charge in [0.1, 0.15) is 5.75 Å². The summed E-state index contributed by atoms with van der Waals surface area (Å²) >= 11 is 12.1. The van der Waals surface area contributed by atoms with Gasteiger partial charge in [-0.05, 0) is 30.3 Å². The molecule has 0 saturated heterocycles. The first-order valence-corrected chi connectivity index (χ1v) is 6.86. The van der Waals surface area contributed by atoms with Gasteiger partial charge in [-0.2, -0.15) is 0 Å². The predicted octanol–water partition coefficient (Wildman–Crippen LogP) is 4.31. The fourth-order valence-electron chi connectivity index (χ4n) is 1.93. The van der Waals surface area contributed by atoms with Crippen LogP contribution >= 0.6 is 23.2 Å². The van der Waals surface area contributed by atoms with Crippen molar-refractivity contribution in [3.8, 4) is 5.75 Å². The van der Waals surface area contributed by atoms with Gasteiger partial charge in [-0.3, -0.25) is 0 Å². The van der Waals surface area contributed by atoms with Crippen molar-refractivity contribution >= 4 is 34.9 Å². The molecular weight excluding hydrogens is 313 g/mol. The van der Waals surface area contributed by atoms with Crippen molar-refractivity contribution in [1.82, 2.24) is 0 Å². The molecule has 110 valence electrons. The molecule has 0 aliphatic rings. The maximum absolute atomic E-state index is 11.2. The van der Waals surface area contributed by atoms with Crippen LogP contribution in [0.5, 0.6) is 5.75 Å². The summed E-state index contributed by atoms with van der Waals surface area (Å²) < 4.78 is 5.25. The van der Waals surface area contributed by atoms with Gasteiger partial charge in [0.15, 0.2) is 0 Å². The van der Waals surface area contributed by atoms with Gasteiger partial charge in [-0.1, -0.05) is 29.3 Å². The number of carboxylic acids is 1. The molecule has 0 aromatic heterocycles. The van der Waals surface area contributed by atoms with Crippen LogP contribution in [0.1, 0.15) is 15.9 Å². The summed E-state index contributed by atoms with van der Waals surface area (Å²) in [5.41, 5.74) is 1.32. The lowest BCUT2D eigenvalue weighted by atomic mass is 10.1. The number of carbonyl (C=O) groups is 1. The van der Waals surface area contributed by atoms with Crippen LogP contribution < -0.4 is 10.1 Å². The van der Waals surface area contributed by atoms with Crippen LogP contribution in [0.4, 0.5) is 5.69 Å². The Kier molecular flexibility index (Phi) is 4.94. The van der Waals surface area contributed by atoms with E-state index in [1.54, 1.807) is 31.4 Å². The summed E-state index contributed by atoms with van der Waals surface area (Å²) in [4.78, 5) is 11.2. The lowest BCUT2D eigenvalue weighted by Gasteiger charge is -2.14. The number of nitrogens with one attached hydrogen (secondary N) is 1. The van der Waals surface area contributed by atoms with E-state index in [4.69, 9.17) is 27.9 Å². The van der Waals surface area contributed by atoms with Crippen molar-refractivity contribution in [2.45, 2.75) is 6.54 Å². The van der Waals surface area contributed by atoms with E-state index in [0.717, 1.165) is 5.56 Å². The van der Waals surface area contributed by atoms with Gasteiger partial charge in [-0.15, -0.1) is 0 Å². The molecule has 0 aliphatic carbocycles. The van der Waals surface area contributed by atoms with Crippen molar-refractivity contribution in [2.24, 2.45) is 0 Å². The molecule has 0 bridgehead atoms. The van der Waals surface area contributed by atoms with Crippen LogP contribution in [-0.4, -0.2) is 18.2 Å². The van der Waals surface area contributed by atoms with Crippen molar-refractivity contribution < 1.29 is 14.6 Å². The topological polar surface area (TPSA) is 58.6 Å². The predicted molar refractivity (Wildman–Crippen MR) is 83.7 cm³/mol. The van der Waals surface area contributed by atoms with Gasteiger partial charge in [0.05, 0.1) is 18.4 Å². The lowest BCUT2D eigenvalue weighted by molar-refractivity contribution is 0.0698. The number of ether oxygens (including phenoxy) is 1. The monoisotopic (exact) mass is 325 g/mol. The highest BCUT2D eigenvalue weighted by Crippen LogP contribution is 2.28. The van der Waals surface area contributed by atoms with E-state index in [2.05, 4.69) is 5.32 Å². The SMILES string of the molecule is COc1cccc(Cl)c1CNc1cc(Cl)ccc1C(=O)O. The summed E-state index contributed by atoms with van der Waals surface area (Å²) in [7, 11) is 1.55. The second-order valence-electron chi connectivity index (χ2n) is 4.27. The smallest absolute Gasteiger partial charge is 0.337 e. The first-order valence-electron chi connectivity index (χ1n) is 6.11. The molecule has 0 fully saturated rings. The third kappa shape index (κ3) is 3.60. The molecule has 0 radical (unpaired) electrons. The number of halogens is 2. The molecular formula is C15H13Cl2NO3. The minimum Gasteiger partial charge on any atom is -0.496 e. The van der Waals surface area contributed by atoms with E-state index in [1.165, 1.54) is 12.1 Å². The molecule has 0 heterocycles. The Morgan fingerprint density at radius 2 is 2.05 bits per heavy atom. The molecule has 4 nitrogen and oxygen atoms in total. The van der Waals surface area contributed by atoms with Crippen LogP contribution in [-0.2, 0) is 6.54 Å². The van der Waals surface area contributed by atoms with Crippen LogP contribution in [0.3, 0.4) is 0 Å². The molecule has 0 spiro atoms. The highest BCUT2D eigenvalue weighted by atomic mass is 35.5. The molecule has 0 atom stereocenters. The highest BCUT2D eigenvalue weighted by molar-refractivity contribution is 6.31. The van der Waals surface area contributed by atoms with Gasteiger partial charge >= 0.3 is 5.97 Å².